The maximum Gasteiger partial charge on any atom is 0.259 e. The molecule has 2 aromatic carbocycles. The van der Waals surface area contributed by atoms with E-state index in [0.29, 0.717) is 41.3 Å². The lowest BCUT2D eigenvalue weighted by atomic mass is 9.71. The fraction of sp³-hybridized carbons (Fsp3) is 0.521. The van der Waals surface area contributed by atoms with Crippen LogP contribution in [0.2, 0.25) is 0 Å². The van der Waals surface area contributed by atoms with E-state index in [-0.39, 0.29) is 29.7 Å². The number of methoxy groups -OCH3 is 2. The molecule has 8 heterocycles. The minimum atomic E-state index is -0.590. The molecular formula is C48H58N8O6. The first-order valence-corrected chi connectivity index (χ1v) is 22.5. The summed E-state index contributed by atoms with van der Waals surface area (Å²) in [6.45, 7) is 11.8. The molecule has 5 fully saturated rings. The summed E-state index contributed by atoms with van der Waals surface area (Å²) in [4.78, 5) is 67.0. The van der Waals surface area contributed by atoms with Crippen LogP contribution < -0.4 is 30.1 Å². The molecule has 1 unspecified atom stereocenters. The van der Waals surface area contributed by atoms with Crippen LogP contribution in [0.5, 0.6) is 11.5 Å². The van der Waals surface area contributed by atoms with Gasteiger partial charge in [-0.25, -0.2) is 4.98 Å². The van der Waals surface area contributed by atoms with Crippen molar-refractivity contribution in [1.82, 2.24) is 29.6 Å². The Hall–Kier alpha value is -5.47. The number of amides is 3. The quantitative estimate of drug-likeness (QED) is 0.221. The maximum atomic E-state index is 13.4. The highest BCUT2D eigenvalue weighted by Gasteiger charge is 2.46. The van der Waals surface area contributed by atoms with Crippen LogP contribution in [0.15, 0.2) is 53.6 Å². The van der Waals surface area contributed by atoms with Gasteiger partial charge in [0.25, 0.3) is 11.5 Å². The molecule has 0 bridgehead atoms. The average Bonchev–Trinajstić information content (AvgIpc) is 3.59. The van der Waals surface area contributed by atoms with Crippen LogP contribution in [-0.2, 0) is 29.7 Å². The Morgan fingerprint density at radius 3 is 2.23 bits per heavy atom. The molecule has 4 aromatic rings. The van der Waals surface area contributed by atoms with Crippen LogP contribution in [0.25, 0.3) is 21.9 Å². The first-order chi connectivity index (χ1) is 30.0. The number of anilines is 2. The highest BCUT2D eigenvalue weighted by Crippen LogP contribution is 2.44. The molecule has 326 valence electrons. The molecule has 6 aliphatic rings. The molecule has 1 N–H and O–H groups in total. The third-order valence-electron chi connectivity index (χ3n) is 15.0. The molecule has 0 radical (unpaired) electrons. The normalized spacial score (nSPS) is 23.1. The zero-order valence-electron chi connectivity index (χ0n) is 36.5. The van der Waals surface area contributed by atoms with E-state index in [9.17, 15) is 19.2 Å². The smallest absolute Gasteiger partial charge is 0.259 e. The molecule has 0 aliphatic carbocycles. The number of carbonyl (C=O) groups excluding carboxylic acids is 3. The minimum absolute atomic E-state index is 0.0657. The summed E-state index contributed by atoms with van der Waals surface area (Å²) in [5, 5.41) is 3.87. The molecule has 2 atom stereocenters. The Bertz CT molecular complexity index is 2470. The van der Waals surface area contributed by atoms with Gasteiger partial charge in [0.1, 0.15) is 23.4 Å². The number of nitrogens with one attached hydrogen (secondary N) is 1. The molecule has 3 amide bonds. The number of aromatic nitrogens is 2. The second-order valence-corrected chi connectivity index (χ2v) is 18.9. The van der Waals surface area contributed by atoms with E-state index >= 15 is 0 Å². The van der Waals surface area contributed by atoms with Crippen molar-refractivity contribution in [3.63, 3.8) is 0 Å². The van der Waals surface area contributed by atoms with Crippen molar-refractivity contribution < 1.29 is 23.9 Å². The average molecular weight is 843 g/mol. The van der Waals surface area contributed by atoms with Crippen LogP contribution in [-0.4, -0.2) is 121 Å². The molecule has 62 heavy (non-hydrogen) atoms. The van der Waals surface area contributed by atoms with E-state index in [2.05, 4.69) is 61.1 Å². The first kappa shape index (κ1) is 40.6. The van der Waals surface area contributed by atoms with E-state index < -0.39 is 6.04 Å². The fourth-order valence-electron chi connectivity index (χ4n) is 11.0. The lowest BCUT2D eigenvalue weighted by molar-refractivity contribution is -0.136. The SMILES string of the molecule is COc1cc(-c2cn(C)c(=O)c3cnc(N4CC[C@@H]4C)cc23)cc(OC)c1CN1CCC(CN2CCC3(CC2)CN(c2ccc4c(c2)C(=O)N(C2CCC(=O)NC2=O)C4)C3)CC1. The molecule has 14 heteroatoms. The van der Waals surface area contributed by atoms with Gasteiger partial charge in [0.05, 0.1) is 25.2 Å². The number of imide groups is 1. The summed E-state index contributed by atoms with van der Waals surface area (Å²) in [5.74, 6) is 2.38. The Kier molecular flexibility index (Phi) is 10.5. The van der Waals surface area contributed by atoms with Gasteiger partial charge in [0.2, 0.25) is 11.8 Å². The van der Waals surface area contributed by atoms with Crippen LogP contribution in [0.1, 0.15) is 73.4 Å². The summed E-state index contributed by atoms with van der Waals surface area (Å²) in [6.07, 6.45) is 10.1. The second kappa shape index (κ2) is 16.0. The van der Waals surface area contributed by atoms with Gasteiger partial charge < -0.3 is 33.6 Å². The van der Waals surface area contributed by atoms with Crippen molar-refractivity contribution in [2.45, 2.75) is 77.0 Å². The van der Waals surface area contributed by atoms with Crippen molar-refractivity contribution >= 4 is 40.0 Å². The van der Waals surface area contributed by atoms with Crippen molar-refractivity contribution in [2.24, 2.45) is 18.4 Å². The van der Waals surface area contributed by atoms with Crippen LogP contribution in [0.3, 0.4) is 0 Å². The molecule has 14 nitrogen and oxygen atoms in total. The van der Waals surface area contributed by atoms with Crippen molar-refractivity contribution in [3.8, 4) is 22.6 Å². The monoisotopic (exact) mass is 842 g/mol. The largest absolute Gasteiger partial charge is 0.496 e. The van der Waals surface area contributed by atoms with Gasteiger partial charge in [0.15, 0.2) is 0 Å². The number of hydrogen-bond donors (Lipinski definition) is 1. The Morgan fingerprint density at radius 2 is 1.56 bits per heavy atom. The number of likely N-dealkylation sites (tertiary alicyclic amines) is 2. The highest BCUT2D eigenvalue weighted by atomic mass is 16.5. The number of ether oxygens (including phenoxy) is 2. The minimum Gasteiger partial charge on any atom is -0.496 e. The molecule has 2 aromatic heterocycles. The summed E-state index contributed by atoms with van der Waals surface area (Å²) >= 11 is 0. The van der Waals surface area contributed by atoms with Gasteiger partial charge in [0, 0.05) is 98.8 Å². The summed E-state index contributed by atoms with van der Waals surface area (Å²) in [5.41, 5.74) is 5.89. The van der Waals surface area contributed by atoms with Gasteiger partial charge in [-0.1, -0.05) is 6.07 Å². The zero-order valence-corrected chi connectivity index (χ0v) is 36.5. The molecule has 6 aliphatic heterocycles. The zero-order chi connectivity index (χ0) is 42.9. The Morgan fingerprint density at radius 1 is 0.823 bits per heavy atom. The van der Waals surface area contributed by atoms with Gasteiger partial charge >= 0.3 is 0 Å². The maximum absolute atomic E-state index is 13.4. The van der Waals surface area contributed by atoms with Gasteiger partial charge in [-0.15, -0.1) is 0 Å². The molecule has 0 saturated carbocycles. The van der Waals surface area contributed by atoms with E-state index in [1.807, 2.05) is 18.3 Å². The number of nitrogens with zero attached hydrogens (tertiary/aromatic N) is 7. The van der Waals surface area contributed by atoms with Crippen molar-refractivity contribution in [1.29, 1.82) is 0 Å². The summed E-state index contributed by atoms with van der Waals surface area (Å²) in [7, 11) is 5.23. The topological polar surface area (TPSA) is 133 Å². The van der Waals surface area contributed by atoms with Crippen molar-refractivity contribution in [2.75, 3.05) is 76.4 Å². The van der Waals surface area contributed by atoms with E-state index in [1.165, 1.54) is 12.8 Å². The third-order valence-corrected chi connectivity index (χ3v) is 15.0. The van der Waals surface area contributed by atoms with Crippen molar-refractivity contribution in [3.05, 3.63) is 75.8 Å². The van der Waals surface area contributed by atoms with Crippen LogP contribution >= 0.6 is 0 Å². The van der Waals surface area contributed by atoms with E-state index in [4.69, 9.17) is 9.47 Å². The third kappa shape index (κ3) is 7.28. The predicted molar refractivity (Wildman–Crippen MR) is 238 cm³/mol. The summed E-state index contributed by atoms with van der Waals surface area (Å²) in [6, 6.07) is 12.3. The number of piperidine rings is 3. The van der Waals surface area contributed by atoms with E-state index in [1.54, 1.807) is 36.9 Å². The number of rotatable bonds is 10. The van der Waals surface area contributed by atoms with Gasteiger partial charge in [-0.3, -0.25) is 29.4 Å². The van der Waals surface area contributed by atoms with Crippen LogP contribution in [0, 0.1) is 11.3 Å². The molecule has 5 saturated heterocycles. The number of pyridine rings is 2. The molecule has 1 spiro atoms. The number of carbonyl (C=O) groups is 3. The standard InChI is InChI=1S/C48H58N8O6/c1-30-9-16-55(30)43-22-36-37(23-49-43)46(59)51(2)26-38(36)33-19-41(61-3)39(42(20-33)62-4)27-52-14-10-31(11-15-52)24-53-17-12-48(13-18-53)28-54(29-48)34-6-5-32-25-56(47(60)35(32)21-34)40-7-8-44(57)50-45(40)58/h5-6,19-23,26,30-31,40H,7-18,24-25,27-29H2,1-4H3,(H,50,57,58)/t30-,40?/m0/s1. The van der Waals surface area contributed by atoms with Crippen LogP contribution in [0.4, 0.5) is 11.5 Å². The molecular weight excluding hydrogens is 785 g/mol. The number of hydrogen-bond acceptors (Lipinski definition) is 11. The molecule has 10 rings (SSSR count). The number of aryl methyl sites for hydroxylation is 1. The highest BCUT2D eigenvalue weighted by molar-refractivity contribution is 6.05. The van der Waals surface area contributed by atoms with Gasteiger partial charge in [-0.05, 0) is 119 Å². The second-order valence-electron chi connectivity index (χ2n) is 18.9. The van der Waals surface area contributed by atoms with E-state index in [0.717, 1.165) is 129 Å². The lowest BCUT2D eigenvalue weighted by Crippen LogP contribution is -2.60. The Balaban J connectivity index is 0.730. The first-order valence-electron chi connectivity index (χ1n) is 22.5. The van der Waals surface area contributed by atoms with Gasteiger partial charge in [-0.2, -0.15) is 0 Å². The lowest BCUT2D eigenvalue weighted by Gasteiger charge is -2.55. The fourth-order valence-corrected chi connectivity index (χ4v) is 11.0. The number of benzene rings is 2. The summed E-state index contributed by atoms with van der Waals surface area (Å²) < 4.78 is 13.7. The Labute approximate surface area is 362 Å². The predicted octanol–water partition coefficient (Wildman–Crippen LogP) is 4.79. The number of fused-ring (bicyclic) bond motifs is 2.